The van der Waals surface area contributed by atoms with Crippen LogP contribution >= 0.6 is 0 Å². The number of aliphatic imine (C=N–C) groups is 1. The van der Waals surface area contributed by atoms with Crippen LogP contribution in [0.1, 0.15) is 32.6 Å². The second kappa shape index (κ2) is 3.58. The Hall–Kier alpha value is -0.700. The van der Waals surface area contributed by atoms with E-state index in [4.69, 9.17) is 4.74 Å². The molecular weight excluding hydrogens is 166 g/mol. The summed E-state index contributed by atoms with van der Waals surface area (Å²) in [6.07, 6.45) is 4.79. The Kier molecular flexibility index (Phi) is 2.44. The summed E-state index contributed by atoms with van der Waals surface area (Å²) in [4.78, 5) is 15.0. The minimum atomic E-state index is -0.0543. The van der Waals surface area contributed by atoms with E-state index in [-0.39, 0.29) is 11.8 Å². The Labute approximate surface area is 78.2 Å². The third-order valence-electron chi connectivity index (χ3n) is 2.67. The summed E-state index contributed by atoms with van der Waals surface area (Å²) in [6.45, 7) is 2.51. The van der Waals surface area contributed by atoms with Crippen LogP contribution < -0.4 is 0 Å². The van der Waals surface area contributed by atoms with E-state index in [1.807, 2.05) is 0 Å². The third kappa shape index (κ3) is 2.15. The molecule has 0 saturated carbocycles. The van der Waals surface area contributed by atoms with Gasteiger partial charge in [-0.05, 0) is 32.6 Å². The van der Waals surface area contributed by atoms with Gasteiger partial charge in [-0.15, -0.1) is 0 Å². The van der Waals surface area contributed by atoms with Gasteiger partial charge >= 0.3 is 0 Å². The van der Waals surface area contributed by atoms with Crippen LogP contribution in [0.15, 0.2) is 4.99 Å². The van der Waals surface area contributed by atoms with E-state index in [1.165, 1.54) is 12.8 Å². The zero-order valence-corrected chi connectivity index (χ0v) is 7.95. The van der Waals surface area contributed by atoms with E-state index in [9.17, 15) is 4.79 Å². The van der Waals surface area contributed by atoms with Crippen LogP contribution in [0, 0.1) is 0 Å². The van der Waals surface area contributed by atoms with Crippen LogP contribution in [0.3, 0.4) is 0 Å². The van der Waals surface area contributed by atoms with E-state index < -0.39 is 0 Å². The first-order valence-corrected chi connectivity index (χ1v) is 4.96. The van der Waals surface area contributed by atoms with Crippen molar-refractivity contribution in [3.63, 3.8) is 0 Å². The maximum Gasteiger partial charge on any atom is 0.159 e. The molecule has 2 heterocycles. The molecule has 0 bridgehead atoms. The molecular formula is C10H15NO2. The Morgan fingerprint density at radius 1 is 1.69 bits per heavy atom. The topological polar surface area (TPSA) is 38.7 Å². The summed E-state index contributed by atoms with van der Waals surface area (Å²) >= 11 is 0. The number of nitrogens with zero attached hydrogens (tertiary/aromatic N) is 1. The lowest BCUT2D eigenvalue weighted by atomic mass is 10.1. The second-order valence-electron chi connectivity index (χ2n) is 3.81. The summed E-state index contributed by atoms with van der Waals surface area (Å²) in [7, 11) is 0. The first-order chi connectivity index (χ1) is 6.27. The third-order valence-corrected chi connectivity index (χ3v) is 2.67. The molecule has 0 aliphatic carbocycles. The van der Waals surface area contributed by atoms with Gasteiger partial charge in [0, 0.05) is 12.3 Å². The Morgan fingerprint density at radius 3 is 3.08 bits per heavy atom. The maximum atomic E-state index is 10.9. The molecule has 0 amide bonds. The smallest absolute Gasteiger partial charge is 0.159 e. The van der Waals surface area contributed by atoms with Crippen molar-refractivity contribution in [1.82, 2.24) is 0 Å². The van der Waals surface area contributed by atoms with Gasteiger partial charge in [-0.1, -0.05) is 0 Å². The van der Waals surface area contributed by atoms with Gasteiger partial charge in [0.25, 0.3) is 0 Å². The SMILES string of the molecule is CC(=O)C1N=C1CCC1CCCO1. The lowest BCUT2D eigenvalue weighted by molar-refractivity contribution is -0.116. The minimum Gasteiger partial charge on any atom is -0.378 e. The monoisotopic (exact) mass is 181 g/mol. The van der Waals surface area contributed by atoms with Gasteiger partial charge in [0.15, 0.2) is 5.78 Å². The number of Topliss-reactive ketones (excluding diaryl/α,β-unsaturated/α-hetero) is 1. The molecule has 1 saturated heterocycles. The minimum absolute atomic E-state index is 0.0543. The molecule has 0 aromatic rings. The molecule has 13 heavy (non-hydrogen) atoms. The quantitative estimate of drug-likeness (QED) is 0.656. The van der Waals surface area contributed by atoms with Crippen molar-refractivity contribution >= 4 is 11.5 Å². The molecule has 2 rings (SSSR count). The highest BCUT2D eigenvalue weighted by Crippen LogP contribution is 2.22. The van der Waals surface area contributed by atoms with E-state index >= 15 is 0 Å². The van der Waals surface area contributed by atoms with Gasteiger partial charge < -0.3 is 4.74 Å². The van der Waals surface area contributed by atoms with Crippen molar-refractivity contribution in [2.75, 3.05) is 6.61 Å². The number of ether oxygens (including phenoxy) is 1. The summed E-state index contributed by atoms with van der Waals surface area (Å²) in [5.41, 5.74) is 1.09. The average Bonchev–Trinajstić information content (AvgIpc) is 2.70. The lowest BCUT2D eigenvalue weighted by Crippen LogP contribution is -2.11. The molecule has 2 aliphatic heterocycles. The van der Waals surface area contributed by atoms with Crippen LogP contribution in [0.25, 0.3) is 0 Å². The molecule has 3 heteroatoms. The Morgan fingerprint density at radius 2 is 2.54 bits per heavy atom. The highest BCUT2D eigenvalue weighted by molar-refractivity contribution is 6.17. The number of hydrogen-bond donors (Lipinski definition) is 0. The molecule has 0 spiro atoms. The van der Waals surface area contributed by atoms with E-state index in [1.54, 1.807) is 6.92 Å². The molecule has 1 fully saturated rings. The molecule has 2 aliphatic rings. The van der Waals surface area contributed by atoms with Gasteiger partial charge in [-0.3, -0.25) is 9.79 Å². The van der Waals surface area contributed by atoms with Crippen molar-refractivity contribution < 1.29 is 9.53 Å². The first-order valence-electron chi connectivity index (χ1n) is 4.96. The van der Waals surface area contributed by atoms with E-state index in [0.717, 1.165) is 25.2 Å². The largest absolute Gasteiger partial charge is 0.378 e. The van der Waals surface area contributed by atoms with Gasteiger partial charge in [-0.2, -0.15) is 0 Å². The highest BCUT2D eigenvalue weighted by atomic mass is 16.5. The van der Waals surface area contributed by atoms with Gasteiger partial charge in [-0.25, -0.2) is 0 Å². The number of ketones is 1. The summed E-state index contributed by atoms with van der Waals surface area (Å²) in [5.74, 6) is 0.183. The van der Waals surface area contributed by atoms with Crippen molar-refractivity contribution in [2.45, 2.75) is 44.8 Å². The molecule has 3 nitrogen and oxygen atoms in total. The Balaban J connectivity index is 1.64. The number of rotatable bonds is 4. The molecule has 72 valence electrons. The fourth-order valence-electron chi connectivity index (χ4n) is 1.84. The fraction of sp³-hybridized carbons (Fsp3) is 0.800. The van der Waals surface area contributed by atoms with Gasteiger partial charge in [0.1, 0.15) is 6.04 Å². The van der Waals surface area contributed by atoms with Crippen molar-refractivity contribution in [3.05, 3.63) is 0 Å². The van der Waals surface area contributed by atoms with Gasteiger partial charge in [0.2, 0.25) is 0 Å². The van der Waals surface area contributed by atoms with Gasteiger partial charge in [0.05, 0.1) is 6.10 Å². The van der Waals surface area contributed by atoms with Crippen LogP contribution in [0.5, 0.6) is 0 Å². The number of hydrogen-bond acceptors (Lipinski definition) is 3. The van der Waals surface area contributed by atoms with E-state index in [0.29, 0.717) is 6.10 Å². The fourth-order valence-corrected chi connectivity index (χ4v) is 1.84. The molecule has 2 unspecified atom stereocenters. The summed E-state index contributed by atoms with van der Waals surface area (Å²) in [6, 6.07) is -0.0543. The standard InChI is InChI=1S/C10H15NO2/c1-7(12)10-9(11-10)5-4-8-3-2-6-13-8/h8,10H,2-6H2,1H3. The predicted octanol–water partition coefficient (Wildman–Crippen LogP) is 1.36. The summed E-state index contributed by atoms with van der Waals surface area (Å²) in [5, 5.41) is 0. The molecule has 0 N–H and O–H groups in total. The lowest BCUT2D eigenvalue weighted by Gasteiger charge is -2.05. The highest BCUT2D eigenvalue weighted by Gasteiger charge is 2.31. The summed E-state index contributed by atoms with van der Waals surface area (Å²) < 4.78 is 5.49. The van der Waals surface area contributed by atoms with Crippen LogP contribution in [-0.4, -0.2) is 30.2 Å². The zero-order valence-electron chi connectivity index (χ0n) is 7.95. The molecule has 0 aromatic heterocycles. The van der Waals surface area contributed by atoms with Crippen LogP contribution in [0.4, 0.5) is 0 Å². The predicted molar refractivity (Wildman–Crippen MR) is 50.1 cm³/mol. The number of carbonyl (C=O) groups is 1. The Bertz CT molecular complexity index is 241. The molecule has 0 radical (unpaired) electrons. The van der Waals surface area contributed by atoms with Crippen molar-refractivity contribution in [1.29, 1.82) is 0 Å². The molecule has 0 aromatic carbocycles. The first kappa shape index (κ1) is 8.88. The number of carbonyl (C=O) groups excluding carboxylic acids is 1. The van der Waals surface area contributed by atoms with Crippen LogP contribution in [-0.2, 0) is 9.53 Å². The maximum absolute atomic E-state index is 10.9. The molecule has 2 atom stereocenters. The zero-order chi connectivity index (χ0) is 9.26. The normalized spacial score (nSPS) is 31.6. The van der Waals surface area contributed by atoms with Crippen LogP contribution in [0.2, 0.25) is 0 Å². The van der Waals surface area contributed by atoms with E-state index in [2.05, 4.69) is 4.99 Å². The second-order valence-corrected chi connectivity index (χ2v) is 3.81. The van der Waals surface area contributed by atoms with Crippen molar-refractivity contribution in [2.24, 2.45) is 4.99 Å². The average molecular weight is 181 g/mol. The van der Waals surface area contributed by atoms with Crippen molar-refractivity contribution in [3.8, 4) is 0 Å².